The normalized spacial score (nSPS) is 11.6. The summed E-state index contributed by atoms with van der Waals surface area (Å²) in [4.78, 5) is 34.5. The van der Waals surface area contributed by atoms with E-state index in [9.17, 15) is 19.7 Å². The second-order valence-electron chi connectivity index (χ2n) is 5.75. The summed E-state index contributed by atoms with van der Waals surface area (Å²) in [5, 5.41) is 14.4. The van der Waals surface area contributed by atoms with E-state index in [4.69, 9.17) is 27.9 Å². The molecule has 0 heterocycles. The fourth-order valence-electron chi connectivity index (χ4n) is 2.40. The first-order valence-corrected chi connectivity index (χ1v) is 8.61. The average Bonchev–Trinajstić information content (AvgIpc) is 2.61. The number of esters is 1. The fourth-order valence-corrected chi connectivity index (χ4v) is 2.71. The molecule has 1 N–H and O–H groups in total. The first-order chi connectivity index (χ1) is 12.7. The highest BCUT2D eigenvalue weighted by atomic mass is 35.5. The summed E-state index contributed by atoms with van der Waals surface area (Å²) in [6.45, 7) is 2.66. The zero-order chi connectivity index (χ0) is 20.1. The van der Waals surface area contributed by atoms with Crippen LogP contribution in [-0.4, -0.2) is 23.4 Å². The van der Waals surface area contributed by atoms with Crippen LogP contribution in [0.2, 0.25) is 10.0 Å². The van der Waals surface area contributed by atoms with Crippen molar-refractivity contribution in [2.75, 3.05) is 6.61 Å². The third-order valence-electron chi connectivity index (χ3n) is 3.88. The van der Waals surface area contributed by atoms with Crippen molar-refractivity contribution in [2.45, 2.75) is 19.9 Å². The summed E-state index contributed by atoms with van der Waals surface area (Å²) in [5.41, 5.74) is 0.757. The third kappa shape index (κ3) is 5.18. The smallest absolute Gasteiger partial charge is 0.339 e. The van der Waals surface area contributed by atoms with Crippen LogP contribution in [0.15, 0.2) is 36.4 Å². The minimum atomic E-state index is -0.812. The molecule has 2 aromatic carbocycles. The molecule has 0 fully saturated rings. The van der Waals surface area contributed by atoms with Gasteiger partial charge >= 0.3 is 5.97 Å². The molecule has 0 saturated carbocycles. The topological polar surface area (TPSA) is 98.5 Å². The number of halogens is 2. The van der Waals surface area contributed by atoms with Gasteiger partial charge in [0.1, 0.15) is 0 Å². The van der Waals surface area contributed by atoms with Crippen molar-refractivity contribution in [3.8, 4) is 0 Å². The van der Waals surface area contributed by atoms with Crippen molar-refractivity contribution in [1.29, 1.82) is 0 Å². The van der Waals surface area contributed by atoms with Crippen molar-refractivity contribution in [3.05, 3.63) is 73.2 Å². The fraction of sp³-hybridized carbons (Fsp3) is 0.222. The molecule has 2 rings (SSSR count). The molecule has 1 atom stereocenters. The molecule has 0 radical (unpaired) electrons. The van der Waals surface area contributed by atoms with Gasteiger partial charge in [0.25, 0.3) is 11.6 Å². The summed E-state index contributed by atoms with van der Waals surface area (Å²) >= 11 is 11.8. The number of benzene rings is 2. The number of carbonyl (C=O) groups excluding carboxylic acids is 2. The standard InChI is InChI=1S/C18H16Cl2N2O5/c1-10-13(4-3-5-16(10)22(25)26)18(24)27-9-17(23)21-11(2)12-6-7-14(19)15(20)8-12/h3-8,11H,9H2,1-2H3,(H,21,23)/t11-/m0/s1. The number of hydrogen-bond donors (Lipinski definition) is 1. The van der Waals surface area contributed by atoms with Crippen LogP contribution < -0.4 is 5.32 Å². The maximum absolute atomic E-state index is 12.1. The molecule has 0 aromatic heterocycles. The zero-order valence-corrected chi connectivity index (χ0v) is 16.0. The van der Waals surface area contributed by atoms with Gasteiger partial charge in [0, 0.05) is 11.6 Å². The molecule has 0 saturated heterocycles. The molecule has 27 heavy (non-hydrogen) atoms. The van der Waals surface area contributed by atoms with Crippen molar-refractivity contribution in [2.24, 2.45) is 0 Å². The first kappa shape index (κ1) is 20.7. The van der Waals surface area contributed by atoms with Crippen LogP contribution in [0.4, 0.5) is 5.69 Å². The van der Waals surface area contributed by atoms with Crippen LogP contribution in [0.5, 0.6) is 0 Å². The SMILES string of the molecule is Cc1c(C(=O)OCC(=O)N[C@@H](C)c2ccc(Cl)c(Cl)c2)cccc1[N+](=O)[O-]. The Bertz CT molecular complexity index is 901. The van der Waals surface area contributed by atoms with Gasteiger partial charge in [-0.15, -0.1) is 0 Å². The van der Waals surface area contributed by atoms with Crippen LogP contribution in [0, 0.1) is 17.0 Å². The molecule has 1 amide bonds. The van der Waals surface area contributed by atoms with Gasteiger partial charge < -0.3 is 10.1 Å². The lowest BCUT2D eigenvalue weighted by molar-refractivity contribution is -0.385. The van der Waals surface area contributed by atoms with Gasteiger partial charge in [-0.25, -0.2) is 4.79 Å². The van der Waals surface area contributed by atoms with E-state index in [1.165, 1.54) is 25.1 Å². The molecule has 0 aliphatic carbocycles. The van der Waals surface area contributed by atoms with Gasteiger partial charge in [-0.2, -0.15) is 0 Å². The highest BCUT2D eigenvalue weighted by molar-refractivity contribution is 6.42. The predicted molar refractivity (Wildman–Crippen MR) is 101 cm³/mol. The van der Waals surface area contributed by atoms with E-state index in [-0.39, 0.29) is 22.9 Å². The molecule has 0 unspecified atom stereocenters. The van der Waals surface area contributed by atoms with E-state index in [1.54, 1.807) is 25.1 Å². The van der Waals surface area contributed by atoms with E-state index in [2.05, 4.69) is 5.32 Å². The number of nitro groups is 1. The van der Waals surface area contributed by atoms with Crippen LogP contribution >= 0.6 is 23.2 Å². The third-order valence-corrected chi connectivity index (χ3v) is 4.62. The minimum absolute atomic E-state index is 0.0366. The number of nitrogens with one attached hydrogen (secondary N) is 1. The maximum atomic E-state index is 12.1. The van der Waals surface area contributed by atoms with Crippen molar-refractivity contribution < 1.29 is 19.2 Å². The lowest BCUT2D eigenvalue weighted by Gasteiger charge is -2.15. The summed E-state index contributed by atoms with van der Waals surface area (Å²) in [6.07, 6.45) is 0. The molecular formula is C18H16Cl2N2O5. The number of carbonyl (C=O) groups is 2. The Morgan fingerprint density at radius 1 is 1.22 bits per heavy atom. The number of hydrogen-bond acceptors (Lipinski definition) is 5. The summed E-state index contributed by atoms with van der Waals surface area (Å²) < 4.78 is 4.96. The lowest BCUT2D eigenvalue weighted by atomic mass is 10.1. The molecule has 0 aliphatic rings. The Hall–Kier alpha value is -2.64. The largest absolute Gasteiger partial charge is 0.452 e. The van der Waals surface area contributed by atoms with Crippen LogP contribution in [0.3, 0.4) is 0 Å². The Morgan fingerprint density at radius 3 is 2.56 bits per heavy atom. The predicted octanol–water partition coefficient (Wildman–Crippen LogP) is 4.24. The Labute approximate surface area is 165 Å². The van der Waals surface area contributed by atoms with E-state index >= 15 is 0 Å². The van der Waals surface area contributed by atoms with Crippen molar-refractivity contribution in [3.63, 3.8) is 0 Å². The number of nitro benzene ring substituents is 1. The molecule has 0 bridgehead atoms. The van der Waals surface area contributed by atoms with Gasteiger partial charge in [0.2, 0.25) is 0 Å². The number of rotatable bonds is 6. The van der Waals surface area contributed by atoms with Gasteiger partial charge in [-0.05, 0) is 37.6 Å². The van der Waals surface area contributed by atoms with Crippen LogP contribution in [-0.2, 0) is 9.53 Å². The highest BCUT2D eigenvalue weighted by Crippen LogP contribution is 2.25. The molecular weight excluding hydrogens is 395 g/mol. The summed E-state index contributed by atoms with van der Waals surface area (Å²) in [7, 11) is 0. The molecule has 0 spiro atoms. The Balaban J connectivity index is 1.97. The lowest BCUT2D eigenvalue weighted by Crippen LogP contribution is -2.31. The summed E-state index contributed by atoms with van der Waals surface area (Å²) in [5.74, 6) is -1.33. The number of ether oxygens (including phenoxy) is 1. The molecule has 9 heteroatoms. The maximum Gasteiger partial charge on any atom is 0.339 e. The Morgan fingerprint density at radius 2 is 1.93 bits per heavy atom. The van der Waals surface area contributed by atoms with E-state index < -0.39 is 23.4 Å². The Kier molecular flexibility index (Phi) is 6.76. The van der Waals surface area contributed by atoms with Crippen LogP contribution in [0.25, 0.3) is 0 Å². The minimum Gasteiger partial charge on any atom is -0.452 e. The molecule has 142 valence electrons. The van der Waals surface area contributed by atoms with Crippen molar-refractivity contribution >= 4 is 40.8 Å². The average molecular weight is 411 g/mol. The van der Waals surface area contributed by atoms with Crippen LogP contribution in [0.1, 0.15) is 34.5 Å². The monoisotopic (exact) mass is 410 g/mol. The first-order valence-electron chi connectivity index (χ1n) is 7.86. The number of nitrogens with zero attached hydrogens (tertiary/aromatic N) is 1. The zero-order valence-electron chi connectivity index (χ0n) is 14.5. The summed E-state index contributed by atoms with van der Waals surface area (Å²) in [6, 6.07) is 8.66. The van der Waals surface area contributed by atoms with E-state index in [0.29, 0.717) is 10.0 Å². The second kappa shape index (κ2) is 8.83. The second-order valence-corrected chi connectivity index (χ2v) is 6.56. The molecule has 0 aliphatic heterocycles. The van der Waals surface area contributed by atoms with Gasteiger partial charge in [-0.3, -0.25) is 14.9 Å². The quantitative estimate of drug-likeness (QED) is 0.436. The molecule has 2 aromatic rings. The van der Waals surface area contributed by atoms with E-state index in [1.807, 2.05) is 0 Å². The molecule has 7 nitrogen and oxygen atoms in total. The highest BCUT2D eigenvalue weighted by Gasteiger charge is 2.20. The van der Waals surface area contributed by atoms with Crippen molar-refractivity contribution in [1.82, 2.24) is 5.32 Å². The van der Waals surface area contributed by atoms with Gasteiger partial charge in [-0.1, -0.05) is 35.3 Å². The van der Waals surface area contributed by atoms with Gasteiger partial charge in [0.15, 0.2) is 6.61 Å². The number of amides is 1. The van der Waals surface area contributed by atoms with E-state index in [0.717, 1.165) is 5.56 Å². The van der Waals surface area contributed by atoms with Gasteiger partial charge in [0.05, 0.1) is 26.6 Å².